The highest BCUT2D eigenvalue weighted by Gasteiger charge is 2.05. The molecule has 7 heteroatoms. The van der Waals surface area contributed by atoms with E-state index in [4.69, 9.17) is 5.73 Å². The fraction of sp³-hybridized carbons (Fsp3) is 0.125. The predicted octanol–water partition coefficient (Wildman–Crippen LogP) is 1.88. The molecular weight excluding hydrogens is 310 g/mol. The molecule has 0 aliphatic rings. The second kappa shape index (κ2) is 8.00. The minimum atomic E-state index is 0.0607. The Morgan fingerprint density at radius 1 is 1.35 bits per heavy atom. The smallest absolute Gasteiger partial charge is 0.184 e. The van der Waals surface area contributed by atoms with Gasteiger partial charge in [0.05, 0.1) is 18.5 Å². The first-order valence-electron chi connectivity index (χ1n) is 6.88. The van der Waals surface area contributed by atoms with Crippen LogP contribution < -0.4 is 11.2 Å². The Morgan fingerprint density at radius 2 is 2.09 bits per heavy atom. The predicted molar refractivity (Wildman–Crippen MR) is 95.9 cm³/mol. The van der Waals surface area contributed by atoms with Gasteiger partial charge < -0.3 is 10.8 Å². The summed E-state index contributed by atoms with van der Waals surface area (Å²) < 4.78 is 0. The molecule has 23 heavy (non-hydrogen) atoms. The maximum atomic E-state index is 10.3. The van der Waals surface area contributed by atoms with Gasteiger partial charge in [0.25, 0.3) is 0 Å². The van der Waals surface area contributed by atoms with Gasteiger partial charge in [0.1, 0.15) is 5.75 Å². The molecule has 0 aliphatic carbocycles. The van der Waals surface area contributed by atoms with E-state index in [1.807, 2.05) is 31.2 Å². The van der Waals surface area contributed by atoms with Crippen molar-refractivity contribution >= 4 is 29.8 Å². The van der Waals surface area contributed by atoms with Gasteiger partial charge in [0, 0.05) is 23.5 Å². The average molecular weight is 327 g/mol. The van der Waals surface area contributed by atoms with E-state index in [2.05, 4.69) is 32.7 Å². The molecule has 1 aromatic heterocycles. The van der Waals surface area contributed by atoms with Gasteiger partial charge in [-0.15, -0.1) is 0 Å². The Balaban J connectivity index is 2.16. The second-order valence-corrected chi connectivity index (χ2v) is 5.26. The molecule has 0 amide bonds. The molecule has 0 spiro atoms. The van der Waals surface area contributed by atoms with Crippen molar-refractivity contribution in [3.05, 3.63) is 58.9 Å². The van der Waals surface area contributed by atoms with E-state index >= 15 is 0 Å². The summed E-state index contributed by atoms with van der Waals surface area (Å²) in [5.74, 6) is 0.0915. The van der Waals surface area contributed by atoms with Gasteiger partial charge in [0.2, 0.25) is 0 Å². The number of hydrogen-bond acceptors (Lipinski definition) is 5. The lowest BCUT2D eigenvalue weighted by atomic mass is 10.1. The van der Waals surface area contributed by atoms with Crippen molar-refractivity contribution in [2.75, 3.05) is 0 Å². The van der Waals surface area contributed by atoms with Crippen LogP contribution in [0.1, 0.15) is 22.4 Å². The standard InChI is InChI=1S/C16H17N5OS/c1-11-6-12(8-18-10-14-4-2-3-5-19-14)15(22)13(7-11)9-20-21-16(17)23/h2-9,22H,10H2,1H3,(H3,17,21,23)/b18-8?,20-9+. The lowest BCUT2D eigenvalue weighted by molar-refractivity contribution is 0.473. The molecule has 2 aromatic rings. The van der Waals surface area contributed by atoms with E-state index < -0.39 is 0 Å². The topological polar surface area (TPSA) is 95.9 Å². The Bertz CT molecular complexity index is 744. The van der Waals surface area contributed by atoms with Crippen LogP contribution in [-0.4, -0.2) is 27.6 Å². The zero-order chi connectivity index (χ0) is 16.7. The second-order valence-electron chi connectivity index (χ2n) is 4.82. The van der Waals surface area contributed by atoms with Crippen LogP contribution in [0.25, 0.3) is 0 Å². The summed E-state index contributed by atoms with van der Waals surface area (Å²) in [6, 6.07) is 9.30. The number of phenolic OH excluding ortho intramolecular Hbond substituents is 1. The Morgan fingerprint density at radius 3 is 2.74 bits per heavy atom. The van der Waals surface area contributed by atoms with E-state index in [-0.39, 0.29) is 10.9 Å². The SMILES string of the molecule is Cc1cc(C=NCc2ccccn2)c(O)c(/C=N/NC(N)=S)c1. The Labute approximate surface area is 139 Å². The van der Waals surface area contributed by atoms with Crippen LogP contribution in [0, 0.1) is 6.92 Å². The third kappa shape index (κ3) is 5.15. The molecule has 0 atom stereocenters. The molecule has 0 bridgehead atoms. The van der Waals surface area contributed by atoms with Crippen molar-refractivity contribution in [3.8, 4) is 5.75 Å². The molecule has 0 radical (unpaired) electrons. The number of aryl methyl sites for hydroxylation is 1. The summed E-state index contributed by atoms with van der Waals surface area (Å²) in [6.07, 6.45) is 4.80. The van der Waals surface area contributed by atoms with E-state index in [1.54, 1.807) is 18.5 Å². The van der Waals surface area contributed by atoms with Crippen molar-refractivity contribution in [2.45, 2.75) is 13.5 Å². The van der Waals surface area contributed by atoms with Crippen molar-refractivity contribution in [3.63, 3.8) is 0 Å². The number of nitrogens with zero attached hydrogens (tertiary/aromatic N) is 3. The fourth-order valence-electron chi connectivity index (χ4n) is 1.93. The molecule has 1 heterocycles. The molecule has 1 aromatic carbocycles. The van der Waals surface area contributed by atoms with Crippen LogP contribution in [0.5, 0.6) is 5.75 Å². The summed E-state index contributed by atoms with van der Waals surface area (Å²) in [5, 5.41) is 14.2. The largest absolute Gasteiger partial charge is 0.507 e. The average Bonchev–Trinajstić information content (AvgIpc) is 2.52. The number of hydrogen-bond donors (Lipinski definition) is 3. The summed E-state index contributed by atoms with van der Waals surface area (Å²) in [4.78, 5) is 8.51. The van der Waals surface area contributed by atoms with Gasteiger partial charge in [0.15, 0.2) is 5.11 Å². The highest BCUT2D eigenvalue weighted by Crippen LogP contribution is 2.22. The molecule has 6 nitrogen and oxygen atoms in total. The summed E-state index contributed by atoms with van der Waals surface area (Å²) in [5.41, 5.74) is 10.7. The number of pyridine rings is 1. The molecule has 0 aliphatic heterocycles. The van der Waals surface area contributed by atoms with Gasteiger partial charge in [-0.3, -0.25) is 15.4 Å². The molecule has 0 fully saturated rings. The molecule has 118 valence electrons. The number of benzene rings is 1. The van der Waals surface area contributed by atoms with Crippen LogP contribution in [0.4, 0.5) is 0 Å². The van der Waals surface area contributed by atoms with Gasteiger partial charge >= 0.3 is 0 Å². The van der Waals surface area contributed by atoms with Gasteiger partial charge in [-0.1, -0.05) is 6.07 Å². The third-order valence-electron chi connectivity index (χ3n) is 2.90. The lowest BCUT2D eigenvalue weighted by Crippen LogP contribution is -2.24. The highest BCUT2D eigenvalue weighted by atomic mass is 32.1. The molecular formula is C16H17N5OS. The number of phenols is 1. The van der Waals surface area contributed by atoms with Crippen molar-refractivity contribution in [1.82, 2.24) is 10.4 Å². The number of hydrazone groups is 1. The zero-order valence-corrected chi connectivity index (χ0v) is 13.4. The molecule has 2 rings (SSSR count). The van der Waals surface area contributed by atoms with E-state index in [0.29, 0.717) is 17.7 Å². The summed E-state index contributed by atoms with van der Waals surface area (Å²) >= 11 is 4.66. The molecule has 0 saturated heterocycles. The lowest BCUT2D eigenvalue weighted by Gasteiger charge is -2.05. The minimum Gasteiger partial charge on any atom is -0.507 e. The van der Waals surface area contributed by atoms with Crippen LogP contribution >= 0.6 is 12.2 Å². The Kier molecular flexibility index (Phi) is 5.76. The van der Waals surface area contributed by atoms with E-state index in [1.165, 1.54) is 6.21 Å². The number of nitrogens with one attached hydrogen (secondary N) is 1. The van der Waals surface area contributed by atoms with E-state index in [0.717, 1.165) is 11.3 Å². The molecule has 0 saturated carbocycles. The first kappa shape index (κ1) is 16.6. The quantitative estimate of drug-likeness (QED) is 0.443. The maximum absolute atomic E-state index is 10.3. The summed E-state index contributed by atoms with van der Waals surface area (Å²) in [6.45, 7) is 2.37. The number of nitrogens with two attached hydrogens (primary N) is 1. The highest BCUT2D eigenvalue weighted by molar-refractivity contribution is 7.80. The van der Waals surface area contributed by atoms with Gasteiger partial charge in [-0.25, -0.2) is 0 Å². The number of aromatic nitrogens is 1. The normalized spacial score (nSPS) is 11.2. The number of aromatic hydroxyl groups is 1. The van der Waals surface area contributed by atoms with Crippen molar-refractivity contribution in [1.29, 1.82) is 0 Å². The first-order valence-corrected chi connectivity index (χ1v) is 7.29. The van der Waals surface area contributed by atoms with Crippen LogP contribution in [0.3, 0.4) is 0 Å². The van der Waals surface area contributed by atoms with Crippen LogP contribution in [-0.2, 0) is 6.54 Å². The Hall–Kier alpha value is -2.80. The minimum absolute atomic E-state index is 0.0607. The zero-order valence-electron chi connectivity index (χ0n) is 12.6. The maximum Gasteiger partial charge on any atom is 0.184 e. The van der Waals surface area contributed by atoms with Crippen LogP contribution in [0.15, 0.2) is 46.6 Å². The van der Waals surface area contributed by atoms with Gasteiger partial charge in [-0.2, -0.15) is 5.10 Å². The summed E-state index contributed by atoms with van der Waals surface area (Å²) in [7, 11) is 0. The molecule has 0 unspecified atom stereocenters. The van der Waals surface area contributed by atoms with Crippen molar-refractivity contribution < 1.29 is 5.11 Å². The first-order chi connectivity index (χ1) is 11.1. The monoisotopic (exact) mass is 327 g/mol. The van der Waals surface area contributed by atoms with Gasteiger partial charge in [-0.05, 0) is 49.0 Å². The van der Waals surface area contributed by atoms with Crippen LogP contribution in [0.2, 0.25) is 0 Å². The number of aliphatic imine (C=N–C) groups is 1. The van der Waals surface area contributed by atoms with Crippen molar-refractivity contribution in [2.24, 2.45) is 15.8 Å². The number of thiocarbonyl (C=S) groups is 1. The third-order valence-corrected chi connectivity index (χ3v) is 2.99. The fourth-order valence-corrected chi connectivity index (χ4v) is 1.98. The molecule has 4 N–H and O–H groups in total. The number of rotatable bonds is 5. The van der Waals surface area contributed by atoms with E-state index in [9.17, 15) is 5.11 Å².